The Kier molecular flexibility index (Phi) is 4.23. The fourth-order valence-corrected chi connectivity index (χ4v) is 3.63. The molecule has 1 aromatic heterocycles. The number of nitrogens with zero attached hydrogens (tertiary/aromatic N) is 5. The molecule has 6 heteroatoms. The van der Waals surface area contributed by atoms with Crippen LogP contribution >= 0.6 is 0 Å². The van der Waals surface area contributed by atoms with Crippen LogP contribution < -0.4 is 0 Å². The minimum absolute atomic E-state index is 0.0397. The van der Waals surface area contributed by atoms with Crippen LogP contribution in [0, 0.1) is 0 Å². The van der Waals surface area contributed by atoms with Gasteiger partial charge >= 0.3 is 0 Å². The maximum Gasteiger partial charge on any atom is 0.240 e. The van der Waals surface area contributed by atoms with E-state index in [-0.39, 0.29) is 11.9 Å². The third kappa shape index (κ3) is 2.77. The lowest BCUT2D eigenvalue weighted by Crippen LogP contribution is -2.58. The van der Waals surface area contributed by atoms with Crippen LogP contribution in [-0.2, 0) is 17.9 Å². The van der Waals surface area contributed by atoms with Crippen molar-refractivity contribution in [3.8, 4) is 0 Å². The van der Waals surface area contributed by atoms with Gasteiger partial charge < -0.3 is 9.80 Å². The summed E-state index contributed by atoms with van der Waals surface area (Å²) in [6.07, 6.45) is 5.08. The van der Waals surface area contributed by atoms with E-state index in [0.29, 0.717) is 12.1 Å². The molecule has 0 N–H and O–H groups in total. The van der Waals surface area contributed by atoms with Crippen molar-refractivity contribution in [2.75, 3.05) is 27.2 Å². The summed E-state index contributed by atoms with van der Waals surface area (Å²) in [6.45, 7) is 7.66. The van der Waals surface area contributed by atoms with E-state index in [1.807, 2.05) is 17.8 Å². The minimum Gasteiger partial charge on any atom is -0.335 e. The van der Waals surface area contributed by atoms with Gasteiger partial charge in [0.25, 0.3) is 0 Å². The summed E-state index contributed by atoms with van der Waals surface area (Å²) in [6, 6.07) is 0.809. The third-order valence-corrected chi connectivity index (χ3v) is 5.15. The van der Waals surface area contributed by atoms with Crippen LogP contribution in [0.3, 0.4) is 0 Å². The van der Waals surface area contributed by atoms with Crippen molar-refractivity contribution < 1.29 is 4.79 Å². The van der Waals surface area contributed by atoms with Gasteiger partial charge in [0.1, 0.15) is 0 Å². The zero-order valence-electron chi connectivity index (χ0n) is 14.1. The highest BCUT2D eigenvalue weighted by molar-refractivity contribution is 5.83. The van der Waals surface area contributed by atoms with E-state index in [0.717, 1.165) is 32.6 Å². The predicted octanol–water partition coefficient (Wildman–Crippen LogP) is 0.638. The molecular weight excluding hydrogens is 278 g/mol. The largest absolute Gasteiger partial charge is 0.335 e. The van der Waals surface area contributed by atoms with Crippen LogP contribution in [0.5, 0.6) is 0 Å². The molecule has 1 aromatic rings. The second-order valence-corrected chi connectivity index (χ2v) is 6.81. The molecule has 22 heavy (non-hydrogen) atoms. The molecule has 2 fully saturated rings. The number of hydrogen-bond donors (Lipinski definition) is 0. The standard InChI is InChI=1S/C16H27N5O/c1-5-20-9-13(7-17-20)8-19-10-15-6-14(18(3)4)11-21(15)16(22)12(19)2/h7,9,12,14-15H,5-6,8,10-11H2,1-4H3/t12-,14-,15-/m0/s1. The topological polar surface area (TPSA) is 44.6 Å². The summed E-state index contributed by atoms with van der Waals surface area (Å²) in [5.41, 5.74) is 1.19. The maximum absolute atomic E-state index is 12.7. The summed E-state index contributed by atoms with van der Waals surface area (Å²) < 4.78 is 1.94. The highest BCUT2D eigenvalue weighted by atomic mass is 16.2. The van der Waals surface area contributed by atoms with Gasteiger partial charge in [-0.15, -0.1) is 0 Å². The molecule has 6 nitrogen and oxygen atoms in total. The lowest BCUT2D eigenvalue weighted by Gasteiger charge is -2.41. The first kappa shape index (κ1) is 15.5. The van der Waals surface area contributed by atoms with Crippen LogP contribution in [0.15, 0.2) is 12.4 Å². The van der Waals surface area contributed by atoms with Gasteiger partial charge in [-0.1, -0.05) is 0 Å². The molecule has 0 aromatic carbocycles. The molecule has 2 aliphatic rings. The molecule has 2 aliphatic heterocycles. The number of rotatable bonds is 4. The first-order valence-electron chi connectivity index (χ1n) is 8.22. The molecule has 0 unspecified atom stereocenters. The van der Waals surface area contributed by atoms with E-state index in [9.17, 15) is 4.79 Å². The first-order valence-corrected chi connectivity index (χ1v) is 8.22. The molecule has 0 spiro atoms. The second kappa shape index (κ2) is 6.01. The van der Waals surface area contributed by atoms with Gasteiger partial charge in [0.05, 0.1) is 12.2 Å². The SMILES string of the molecule is CCn1cc(CN2C[C@@H]3C[C@H](N(C)C)CN3C(=O)[C@@H]2C)cn1. The number of hydrogen-bond acceptors (Lipinski definition) is 4. The zero-order valence-corrected chi connectivity index (χ0v) is 14.1. The van der Waals surface area contributed by atoms with Gasteiger partial charge in [-0.05, 0) is 34.4 Å². The Balaban J connectivity index is 1.70. The molecule has 2 saturated heterocycles. The Morgan fingerprint density at radius 3 is 2.77 bits per heavy atom. The van der Waals surface area contributed by atoms with Crippen molar-refractivity contribution in [2.45, 2.75) is 51.5 Å². The monoisotopic (exact) mass is 305 g/mol. The fraction of sp³-hybridized carbons (Fsp3) is 0.750. The highest BCUT2D eigenvalue weighted by Crippen LogP contribution is 2.28. The van der Waals surface area contributed by atoms with Crippen molar-refractivity contribution in [1.29, 1.82) is 0 Å². The van der Waals surface area contributed by atoms with E-state index in [2.05, 4.69) is 47.0 Å². The number of aromatic nitrogens is 2. The van der Waals surface area contributed by atoms with Crippen molar-refractivity contribution >= 4 is 5.91 Å². The Bertz CT molecular complexity index is 540. The number of fused-ring (bicyclic) bond motifs is 1. The Morgan fingerprint density at radius 1 is 1.36 bits per heavy atom. The molecule has 3 atom stereocenters. The van der Waals surface area contributed by atoms with Crippen LogP contribution in [-0.4, -0.2) is 75.7 Å². The molecule has 0 aliphatic carbocycles. The second-order valence-electron chi connectivity index (χ2n) is 6.81. The fourth-order valence-electron chi connectivity index (χ4n) is 3.63. The lowest BCUT2D eigenvalue weighted by atomic mass is 10.1. The van der Waals surface area contributed by atoms with Crippen LogP contribution in [0.1, 0.15) is 25.8 Å². The van der Waals surface area contributed by atoms with E-state index in [4.69, 9.17) is 0 Å². The quantitative estimate of drug-likeness (QED) is 0.819. The van der Waals surface area contributed by atoms with Crippen LogP contribution in [0.25, 0.3) is 0 Å². The van der Waals surface area contributed by atoms with E-state index in [1.54, 1.807) is 0 Å². The van der Waals surface area contributed by atoms with Gasteiger partial charge in [0, 0.05) is 50.0 Å². The Morgan fingerprint density at radius 2 is 2.14 bits per heavy atom. The number of carbonyl (C=O) groups is 1. The summed E-state index contributed by atoms with van der Waals surface area (Å²) >= 11 is 0. The van der Waals surface area contributed by atoms with E-state index < -0.39 is 0 Å². The van der Waals surface area contributed by atoms with Gasteiger partial charge in [0.15, 0.2) is 0 Å². The number of carbonyl (C=O) groups excluding carboxylic acids is 1. The molecule has 3 heterocycles. The van der Waals surface area contributed by atoms with Crippen molar-refractivity contribution in [2.24, 2.45) is 0 Å². The number of aryl methyl sites for hydroxylation is 1. The van der Waals surface area contributed by atoms with E-state index in [1.165, 1.54) is 5.56 Å². The molecule has 0 radical (unpaired) electrons. The van der Waals surface area contributed by atoms with Crippen LogP contribution in [0.4, 0.5) is 0 Å². The van der Waals surface area contributed by atoms with Gasteiger partial charge in [-0.3, -0.25) is 14.4 Å². The number of likely N-dealkylation sites (N-methyl/N-ethyl adjacent to an activating group) is 1. The average Bonchev–Trinajstić information content (AvgIpc) is 3.11. The summed E-state index contributed by atoms with van der Waals surface area (Å²) in [5.74, 6) is 0.281. The molecule has 122 valence electrons. The molecule has 0 saturated carbocycles. The predicted molar refractivity (Wildman–Crippen MR) is 85.4 cm³/mol. The Hall–Kier alpha value is -1.40. The van der Waals surface area contributed by atoms with E-state index >= 15 is 0 Å². The van der Waals surface area contributed by atoms with Gasteiger partial charge in [-0.2, -0.15) is 5.10 Å². The minimum atomic E-state index is -0.0397. The number of piperazine rings is 1. The van der Waals surface area contributed by atoms with Crippen molar-refractivity contribution in [1.82, 2.24) is 24.5 Å². The number of amides is 1. The van der Waals surface area contributed by atoms with Crippen molar-refractivity contribution in [3.05, 3.63) is 18.0 Å². The average molecular weight is 305 g/mol. The smallest absolute Gasteiger partial charge is 0.240 e. The molecule has 0 bridgehead atoms. The molecular formula is C16H27N5O. The van der Waals surface area contributed by atoms with Crippen LogP contribution in [0.2, 0.25) is 0 Å². The summed E-state index contributed by atoms with van der Waals surface area (Å²) in [4.78, 5) is 19.3. The molecule has 3 rings (SSSR count). The van der Waals surface area contributed by atoms with Gasteiger partial charge in [0.2, 0.25) is 5.91 Å². The zero-order chi connectivity index (χ0) is 15.9. The van der Waals surface area contributed by atoms with Gasteiger partial charge in [-0.25, -0.2) is 0 Å². The third-order valence-electron chi connectivity index (χ3n) is 5.15. The summed E-state index contributed by atoms with van der Waals surface area (Å²) in [5, 5.41) is 4.33. The normalized spacial score (nSPS) is 29.4. The Labute approximate surface area is 132 Å². The lowest BCUT2D eigenvalue weighted by molar-refractivity contribution is -0.143. The van der Waals surface area contributed by atoms with Crippen molar-refractivity contribution in [3.63, 3.8) is 0 Å². The summed E-state index contributed by atoms with van der Waals surface area (Å²) in [7, 11) is 4.21. The highest BCUT2D eigenvalue weighted by Gasteiger charge is 2.44. The molecule has 1 amide bonds. The first-order chi connectivity index (χ1) is 10.5. The maximum atomic E-state index is 12.7.